The molecule has 16 heavy (non-hydrogen) atoms. The van der Waals surface area contributed by atoms with E-state index in [1.165, 1.54) is 57.8 Å². The second-order valence-corrected chi connectivity index (χ2v) is 6.51. The van der Waals surface area contributed by atoms with Crippen molar-refractivity contribution in [3.63, 3.8) is 0 Å². The van der Waals surface area contributed by atoms with E-state index in [4.69, 9.17) is 0 Å². The van der Waals surface area contributed by atoms with Gasteiger partial charge in [-0.05, 0) is 56.3 Å². The lowest BCUT2D eigenvalue weighted by Crippen LogP contribution is -2.43. The first-order chi connectivity index (χ1) is 7.86. The highest BCUT2D eigenvalue weighted by molar-refractivity contribution is 4.98. The molecule has 3 aliphatic carbocycles. The van der Waals surface area contributed by atoms with Crippen LogP contribution in [-0.2, 0) is 0 Å². The molecule has 3 rings (SSSR count). The van der Waals surface area contributed by atoms with Crippen molar-refractivity contribution in [1.82, 2.24) is 5.32 Å². The predicted octanol–water partition coefficient (Wildman–Crippen LogP) is 3.73. The van der Waals surface area contributed by atoms with Crippen LogP contribution in [0.2, 0.25) is 0 Å². The van der Waals surface area contributed by atoms with Crippen LogP contribution < -0.4 is 5.32 Å². The smallest absolute Gasteiger partial charge is 0.0126 e. The fraction of sp³-hybridized carbons (Fsp3) is 1.00. The number of hydrogen-bond donors (Lipinski definition) is 1. The monoisotopic (exact) mass is 221 g/mol. The molecule has 2 unspecified atom stereocenters. The van der Waals surface area contributed by atoms with E-state index in [2.05, 4.69) is 12.2 Å². The lowest BCUT2D eigenvalue weighted by Gasteiger charge is -2.32. The first kappa shape index (κ1) is 11.1. The molecule has 0 bridgehead atoms. The molecular weight excluding hydrogens is 194 g/mol. The highest BCUT2D eigenvalue weighted by Crippen LogP contribution is 2.45. The Bertz CT molecular complexity index is 218. The van der Waals surface area contributed by atoms with E-state index < -0.39 is 0 Å². The maximum Gasteiger partial charge on any atom is 0.0126 e. The summed E-state index contributed by atoms with van der Waals surface area (Å²) in [5.41, 5.74) is 0. The Kier molecular flexibility index (Phi) is 3.24. The van der Waals surface area contributed by atoms with Crippen LogP contribution in [-0.4, -0.2) is 12.1 Å². The van der Waals surface area contributed by atoms with Gasteiger partial charge in [-0.3, -0.25) is 0 Å². The van der Waals surface area contributed by atoms with E-state index in [1.807, 2.05) is 0 Å². The summed E-state index contributed by atoms with van der Waals surface area (Å²) in [6, 6.07) is 1.78. The molecule has 2 atom stereocenters. The van der Waals surface area contributed by atoms with Crippen molar-refractivity contribution in [1.29, 1.82) is 0 Å². The summed E-state index contributed by atoms with van der Waals surface area (Å²) in [6.45, 7) is 2.37. The van der Waals surface area contributed by atoms with Crippen molar-refractivity contribution in [3.05, 3.63) is 0 Å². The topological polar surface area (TPSA) is 12.0 Å². The lowest BCUT2D eigenvalue weighted by atomic mass is 9.83. The highest BCUT2D eigenvalue weighted by Gasteiger charge is 2.42. The fourth-order valence-corrected chi connectivity index (χ4v) is 3.65. The molecule has 1 heteroatoms. The second-order valence-electron chi connectivity index (χ2n) is 6.51. The summed E-state index contributed by atoms with van der Waals surface area (Å²) in [6.07, 6.45) is 13.3. The van der Waals surface area contributed by atoms with Gasteiger partial charge >= 0.3 is 0 Å². The summed E-state index contributed by atoms with van der Waals surface area (Å²) >= 11 is 0. The molecule has 1 N–H and O–H groups in total. The molecule has 0 aliphatic heterocycles. The Labute approximate surface area is 100 Å². The van der Waals surface area contributed by atoms with Crippen LogP contribution in [0, 0.1) is 17.8 Å². The van der Waals surface area contributed by atoms with Gasteiger partial charge in [-0.1, -0.05) is 26.2 Å². The highest BCUT2D eigenvalue weighted by atomic mass is 15.0. The predicted molar refractivity (Wildman–Crippen MR) is 68.4 cm³/mol. The first-order valence-electron chi connectivity index (χ1n) is 7.63. The van der Waals surface area contributed by atoms with Crippen LogP contribution in [0.4, 0.5) is 0 Å². The molecule has 0 saturated heterocycles. The van der Waals surface area contributed by atoms with Gasteiger partial charge in [0.25, 0.3) is 0 Å². The van der Waals surface area contributed by atoms with Gasteiger partial charge in [0.15, 0.2) is 0 Å². The second kappa shape index (κ2) is 4.68. The standard InChI is InChI=1S/C15H27N/c1-2-11-4-3-5-14(10-11)16-15(12-6-7-12)13-8-9-13/h11-16H,2-10H2,1H3. The molecular formula is C15H27N. The van der Waals surface area contributed by atoms with E-state index in [-0.39, 0.29) is 0 Å². The van der Waals surface area contributed by atoms with E-state index in [0.29, 0.717) is 0 Å². The molecule has 3 saturated carbocycles. The zero-order chi connectivity index (χ0) is 11.0. The quantitative estimate of drug-likeness (QED) is 0.746. The lowest BCUT2D eigenvalue weighted by molar-refractivity contribution is 0.244. The normalized spacial score (nSPS) is 35.6. The van der Waals surface area contributed by atoms with Gasteiger partial charge in [-0.15, -0.1) is 0 Å². The molecule has 92 valence electrons. The Morgan fingerprint density at radius 1 is 1.00 bits per heavy atom. The SMILES string of the molecule is CCC1CCCC(NC(C2CC2)C2CC2)C1. The maximum atomic E-state index is 4.04. The van der Waals surface area contributed by atoms with Crippen molar-refractivity contribution in [2.24, 2.45) is 17.8 Å². The van der Waals surface area contributed by atoms with Crippen molar-refractivity contribution >= 4 is 0 Å². The van der Waals surface area contributed by atoms with Crippen molar-refractivity contribution in [3.8, 4) is 0 Å². The molecule has 0 heterocycles. The molecule has 0 aromatic rings. The van der Waals surface area contributed by atoms with Gasteiger partial charge in [0.2, 0.25) is 0 Å². The van der Waals surface area contributed by atoms with Crippen molar-refractivity contribution in [2.45, 2.75) is 76.8 Å². The van der Waals surface area contributed by atoms with Crippen LogP contribution in [0.15, 0.2) is 0 Å². The Morgan fingerprint density at radius 3 is 2.25 bits per heavy atom. The Morgan fingerprint density at radius 2 is 1.69 bits per heavy atom. The third kappa shape index (κ3) is 2.61. The summed E-state index contributed by atoms with van der Waals surface area (Å²) in [5, 5.41) is 4.04. The van der Waals surface area contributed by atoms with Crippen LogP contribution in [0.3, 0.4) is 0 Å². The number of hydrogen-bond acceptors (Lipinski definition) is 1. The van der Waals surface area contributed by atoms with Gasteiger partial charge < -0.3 is 5.32 Å². The van der Waals surface area contributed by atoms with Crippen molar-refractivity contribution < 1.29 is 0 Å². The summed E-state index contributed by atoms with van der Waals surface area (Å²) in [7, 11) is 0. The largest absolute Gasteiger partial charge is 0.311 e. The molecule has 0 spiro atoms. The maximum absolute atomic E-state index is 4.04. The molecule has 3 aliphatic rings. The van der Waals surface area contributed by atoms with Gasteiger partial charge in [-0.2, -0.15) is 0 Å². The van der Waals surface area contributed by atoms with Gasteiger partial charge in [0, 0.05) is 12.1 Å². The Balaban J connectivity index is 1.51. The zero-order valence-electron chi connectivity index (χ0n) is 10.8. The van der Waals surface area contributed by atoms with Gasteiger partial charge in [-0.25, -0.2) is 0 Å². The molecule has 0 aromatic carbocycles. The third-order valence-electron chi connectivity index (χ3n) is 5.05. The minimum absolute atomic E-state index is 0.866. The van der Waals surface area contributed by atoms with Crippen LogP contribution in [0.1, 0.15) is 64.7 Å². The van der Waals surface area contributed by atoms with Crippen LogP contribution in [0.5, 0.6) is 0 Å². The molecule has 0 radical (unpaired) electrons. The van der Waals surface area contributed by atoms with E-state index in [9.17, 15) is 0 Å². The average Bonchev–Trinajstić information content (AvgIpc) is 3.18. The van der Waals surface area contributed by atoms with E-state index in [1.54, 1.807) is 0 Å². The minimum Gasteiger partial charge on any atom is -0.311 e. The van der Waals surface area contributed by atoms with Gasteiger partial charge in [0.05, 0.1) is 0 Å². The van der Waals surface area contributed by atoms with Crippen molar-refractivity contribution in [2.75, 3.05) is 0 Å². The first-order valence-corrected chi connectivity index (χ1v) is 7.63. The average molecular weight is 221 g/mol. The zero-order valence-corrected chi connectivity index (χ0v) is 10.8. The Hall–Kier alpha value is -0.0400. The van der Waals surface area contributed by atoms with Crippen LogP contribution >= 0.6 is 0 Å². The summed E-state index contributed by atoms with van der Waals surface area (Å²) < 4.78 is 0. The molecule has 1 nitrogen and oxygen atoms in total. The number of nitrogens with one attached hydrogen (secondary N) is 1. The summed E-state index contributed by atoms with van der Waals surface area (Å²) in [4.78, 5) is 0. The van der Waals surface area contributed by atoms with E-state index in [0.717, 1.165) is 29.8 Å². The fourth-order valence-electron chi connectivity index (χ4n) is 3.65. The minimum atomic E-state index is 0.866. The molecule has 3 fully saturated rings. The summed E-state index contributed by atoms with van der Waals surface area (Å²) in [5.74, 6) is 3.15. The van der Waals surface area contributed by atoms with Gasteiger partial charge in [0.1, 0.15) is 0 Å². The molecule has 0 amide bonds. The molecule has 0 aromatic heterocycles. The number of rotatable bonds is 5. The third-order valence-corrected chi connectivity index (χ3v) is 5.05. The van der Waals surface area contributed by atoms with Crippen LogP contribution in [0.25, 0.3) is 0 Å². The van der Waals surface area contributed by atoms with E-state index >= 15 is 0 Å².